The zero-order valence-corrected chi connectivity index (χ0v) is 19.4. The topological polar surface area (TPSA) is 77.9 Å². The maximum absolute atomic E-state index is 13.4. The number of phenolic OH excluding ortho intramolecular Hbond substituents is 1. The molecule has 2 N–H and O–H groups in total. The molecule has 1 aliphatic heterocycles. The smallest absolute Gasteiger partial charge is 0.266 e. The highest BCUT2D eigenvalue weighted by Crippen LogP contribution is 2.35. The van der Waals surface area contributed by atoms with Crippen LogP contribution in [0.4, 0.5) is 5.69 Å². The van der Waals surface area contributed by atoms with Crippen LogP contribution in [-0.4, -0.2) is 39.7 Å². The molecule has 1 saturated heterocycles. The lowest BCUT2D eigenvalue weighted by Gasteiger charge is -2.15. The molecule has 6 nitrogen and oxygen atoms in total. The zero-order valence-electron chi connectivity index (χ0n) is 18.6. The molecular weight excluding hydrogens is 446 g/mol. The van der Waals surface area contributed by atoms with Gasteiger partial charge in [0.2, 0.25) is 0 Å². The number of carbonyl (C=O) groups excluding carboxylic acids is 1. The Balaban J connectivity index is 1.45. The molecule has 0 saturated carbocycles. The lowest BCUT2D eigenvalue weighted by atomic mass is 10.1. The van der Waals surface area contributed by atoms with Gasteiger partial charge in [-0.15, -0.1) is 0 Å². The number of aliphatic imine (C=N–C) groups is 1. The van der Waals surface area contributed by atoms with E-state index in [2.05, 4.69) is 11.1 Å². The number of rotatable bonds is 6. The second kappa shape index (κ2) is 9.49. The van der Waals surface area contributed by atoms with Crippen LogP contribution < -0.4 is 4.74 Å². The van der Waals surface area contributed by atoms with E-state index in [1.54, 1.807) is 36.3 Å². The molecule has 0 aliphatic carbocycles. The van der Waals surface area contributed by atoms with Gasteiger partial charge in [0.05, 0.1) is 17.7 Å². The van der Waals surface area contributed by atoms with E-state index in [9.17, 15) is 9.90 Å². The quantitative estimate of drug-likeness (QED) is 0.354. The maximum atomic E-state index is 13.4. The number of fused-ring (bicyclic) bond motifs is 1. The van der Waals surface area contributed by atoms with Gasteiger partial charge in [-0.2, -0.15) is 0 Å². The summed E-state index contributed by atoms with van der Waals surface area (Å²) in [4.78, 5) is 23.8. The van der Waals surface area contributed by atoms with Crippen LogP contribution in [0.3, 0.4) is 0 Å². The van der Waals surface area contributed by atoms with Crippen LogP contribution in [0.15, 0.2) is 88.9 Å². The van der Waals surface area contributed by atoms with Gasteiger partial charge in [0.25, 0.3) is 5.91 Å². The van der Waals surface area contributed by atoms with Crippen molar-refractivity contribution in [2.45, 2.75) is 6.42 Å². The Kier molecular flexibility index (Phi) is 6.10. The molecule has 1 amide bonds. The summed E-state index contributed by atoms with van der Waals surface area (Å²) in [5, 5.41) is 11.4. The fourth-order valence-corrected chi connectivity index (χ4v) is 4.87. The van der Waals surface area contributed by atoms with Crippen LogP contribution in [0, 0.1) is 0 Å². The molecule has 7 heteroatoms. The van der Waals surface area contributed by atoms with Crippen LogP contribution in [-0.2, 0) is 11.2 Å². The van der Waals surface area contributed by atoms with Crippen LogP contribution >= 0.6 is 11.8 Å². The normalized spacial score (nSPS) is 16.1. The number of para-hydroxylation sites is 1. The number of methoxy groups -OCH3 is 1. The van der Waals surface area contributed by atoms with Crippen LogP contribution in [0.25, 0.3) is 17.0 Å². The summed E-state index contributed by atoms with van der Waals surface area (Å²) in [7, 11) is 1.62. The van der Waals surface area contributed by atoms with Gasteiger partial charge in [-0.3, -0.25) is 9.69 Å². The monoisotopic (exact) mass is 469 g/mol. The van der Waals surface area contributed by atoms with Gasteiger partial charge in [-0.1, -0.05) is 30.3 Å². The first kappa shape index (κ1) is 21.9. The highest BCUT2D eigenvalue weighted by atomic mass is 32.2. The van der Waals surface area contributed by atoms with Gasteiger partial charge in [0, 0.05) is 23.6 Å². The van der Waals surface area contributed by atoms with Crippen molar-refractivity contribution in [2.75, 3.05) is 13.7 Å². The lowest BCUT2D eigenvalue weighted by molar-refractivity contribution is -0.122. The molecule has 170 valence electrons. The molecular formula is C27H23N3O3S. The Morgan fingerprint density at radius 3 is 2.59 bits per heavy atom. The summed E-state index contributed by atoms with van der Waals surface area (Å²) in [6.45, 7) is 0.510. The first-order valence-electron chi connectivity index (χ1n) is 10.9. The van der Waals surface area contributed by atoms with Gasteiger partial charge >= 0.3 is 0 Å². The lowest BCUT2D eigenvalue weighted by Crippen LogP contribution is -2.31. The molecule has 5 rings (SSSR count). The number of carbonyl (C=O) groups is 1. The van der Waals surface area contributed by atoms with Crippen molar-refractivity contribution in [1.29, 1.82) is 0 Å². The number of hydrogen-bond acceptors (Lipinski definition) is 5. The molecule has 0 bridgehead atoms. The largest absolute Gasteiger partial charge is 0.508 e. The Morgan fingerprint density at radius 2 is 1.82 bits per heavy atom. The summed E-state index contributed by atoms with van der Waals surface area (Å²) in [5.74, 6) is 0.864. The van der Waals surface area contributed by atoms with Crippen molar-refractivity contribution in [3.63, 3.8) is 0 Å². The van der Waals surface area contributed by atoms with Gasteiger partial charge in [-0.25, -0.2) is 4.99 Å². The van der Waals surface area contributed by atoms with Crippen molar-refractivity contribution in [2.24, 2.45) is 4.99 Å². The van der Waals surface area contributed by atoms with Crippen LogP contribution in [0.5, 0.6) is 11.5 Å². The standard InChI is InChI=1S/C27H23N3O3S/c1-33-22-12-8-20(9-13-22)29-27-30(15-14-19-17-28-24-5-3-2-4-23(19)24)26(32)25(34-27)16-18-6-10-21(31)11-7-18/h2-13,16-17,28,31H,14-15H2,1H3/b25-16+,29-27-. The maximum Gasteiger partial charge on any atom is 0.266 e. The predicted molar refractivity (Wildman–Crippen MR) is 137 cm³/mol. The third-order valence-corrected chi connectivity index (χ3v) is 6.66. The van der Waals surface area contributed by atoms with Crippen LogP contribution in [0.1, 0.15) is 11.1 Å². The number of amidine groups is 1. The number of aromatic nitrogens is 1. The van der Waals surface area contributed by atoms with Crippen LogP contribution in [0.2, 0.25) is 0 Å². The molecule has 34 heavy (non-hydrogen) atoms. The molecule has 3 aromatic carbocycles. The number of thioether (sulfide) groups is 1. The third-order valence-electron chi connectivity index (χ3n) is 5.66. The Bertz CT molecular complexity index is 1390. The number of aromatic amines is 1. The van der Waals surface area contributed by atoms with Crippen molar-refractivity contribution in [1.82, 2.24) is 9.88 Å². The average Bonchev–Trinajstić information content (AvgIpc) is 3.40. The number of H-pyrrole nitrogens is 1. The number of ether oxygens (including phenoxy) is 1. The minimum Gasteiger partial charge on any atom is -0.508 e. The predicted octanol–water partition coefficient (Wildman–Crippen LogP) is 5.73. The molecule has 2 heterocycles. The second-order valence-electron chi connectivity index (χ2n) is 7.86. The van der Waals surface area contributed by atoms with Crippen molar-refractivity contribution in [3.05, 3.63) is 95.0 Å². The summed E-state index contributed by atoms with van der Waals surface area (Å²) < 4.78 is 5.24. The summed E-state index contributed by atoms with van der Waals surface area (Å²) in [6.07, 6.45) is 4.54. The molecule has 0 radical (unpaired) electrons. The second-order valence-corrected chi connectivity index (χ2v) is 8.87. The van der Waals surface area contributed by atoms with Crippen molar-refractivity contribution in [3.8, 4) is 11.5 Å². The number of nitrogens with zero attached hydrogens (tertiary/aromatic N) is 2. The fraction of sp³-hybridized carbons (Fsp3) is 0.111. The Labute approximate surface area is 201 Å². The summed E-state index contributed by atoms with van der Waals surface area (Å²) in [6, 6.07) is 22.4. The fourth-order valence-electron chi connectivity index (χ4n) is 3.85. The SMILES string of the molecule is COc1ccc(/N=C2\S/C(=C/c3ccc(O)cc3)C(=O)N2CCc2c[nH]c3ccccc23)cc1. The van der Waals surface area contributed by atoms with E-state index in [0.717, 1.165) is 33.5 Å². The third kappa shape index (κ3) is 4.56. The molecule has 4 aromatic rings. The van der Waals surface area contributed by atoms with Gasteiger partial charge < -0.3 is 14.8 Å². The van der Waals surface area contributed by atoms with E-state index in [1.165, 1.54) is 11.8 Å². The first-order valence-corrected chi connectivity index (χ1v) is 11.7. The molecule has 1 aromatic heterocycles. The molecule has 1 fully saturated rings. The van der Waals surface area contributed by atoms with E-state index in [1.807, 2.05) is 54.7 Å². The van der Waals surface area contributed by atoms with Gasteiger partial charge in [-0.05, 0) is 77.9 Å². The average molecular weight is 470 g/mol. The van der Waals surface area contributed by atoms with E-state index in [-0.39, 0.29) is 11.7 Å². The highest BCUT2D eigenvalue weighted by Gasteiger charge is 2.33. The molecule has 1 aliphatic rings. The Morgan fingerprint density at radius 1 is 1.06 bits per heavy atom. The van der Waals surface area contributed by atoms with Crippen molar-refractivity contribution < 1.29 is 14.6 Å². The van der Waals surface area contributed by atoms with E-state index < -0.39 is 0 Å². The minimum atomic E-state index is -0.0785. The number of phenols is 1. The van der Waals surface area contributed by atoms with E-state index in [4.69, 9.17) is 9.73 Å². The molecule has 0 unspecified atom stereocenters. The first-order chi connectivity index (χ1) is 16.6. The minimum absolute atomic E-state index is 0.0785. The number of amides is 1. The Hall–Kier alpha value is -3.97. The molecule has 0 spiro atoms. The zero-order chi connectivity index (χ0) is 23.5. The van der Waals surface area contributed by atoms with E-state index in [0.29, 0.717) is 23.0 Å². The highest BCUT2D eigenvalue weighted by molar-refractivity contribution is 8.18. The van der Waals surface area contributed by atoms with Crippen molar-refractivity contribution >= 4 is 45.5 Å². The molecule has 0 atom stereocenters. The number of hydrogen-bond donors (Lipinski definition) is 2. The number of nitrogens with one attached hydrogen (secondary N) is 1. The number of benzene rings is 3. The van der Waals surface area contributed by atoms with E-state index >= 15 is 0 Å². The number of aromatic hydroxyl groups is 1. The summed E-state index contributed by atoms with van der Waals surface area (Å²) >= 11 is 1.36. The van der Waals surface area contributed by atoms with Gasteiger partial charge in [0.1, 0.15) is 11.5 Å². The summed E-state index contributed by atoms with van der Waals surface area (Å²) in [5.41, 5.74) is 3.84. The van der Waals surface area contributed by atoms with Gasteiger partial charge in [0.15, 0.2) is 5.17 Å².